The molecule has 140 valence electrons. The van der Waals surface area contributed by atoms with Gasteiger partial charge in [0.15, 0.2) is 22.4 Å². The summed E-state index contributed by atoms with van der Waals surface area (Å²) in [5.41, 5.74) is 1.65. The Morgan fingerprint density at radius 3 is 2.59 bits per heavy atom. The van der Waals surface area contributed by atoms with E-state index in [4.69, 9.17) is 0 Å². The molecule has 2 heterocycles. The van der Waals surface area contributed by atoms with Crippen LogP contribution in [-0.2, 0) is 6.67 Å². The van der Waals surface area contributed by atoms with Gasteiger partial charge in [0.05, 0.1) is 12.5 Å². The summed E-state index contributed by atoms with van der Waals surface area (Å²) in [7, 11) is 0. The van der Waals surface area contributed by atoms with Crippen molar-refractivity contribution >= 4 is 28.8 Å². The Morgan fingerprint density at radius 1 is 1.00 bits per heavy atom. The Hall–Kier alpha value is -2.51. The zero-order chi connectivity index (χ0) is 19.0. The smallest absolute Gasteiger partial charge is 0.194 e. The summed E-state index contributed by atoms with van der Waals surface area (Å²) >= 11 is 1.44. The standard InChI is InChI=1S/C16H16N6O4S/c23-21(24)12-5-3-4-11(8-12)15-17-18-16-20(15)9-19(10-27-16)13-6-1-2-7-14(13)22(25)26/h1-8,21-23,25H,9-10H2. The lowest BCUT2D eigenvalue weighted by atomic mass is 10.2. The van der Waals surface area contributed by atoms with Gasteiger partial charge in [-0.3, -0.25) is 4.57 Å². The average molecular weight is 388 g/mol. The highest BCUT2D eigenvalue weighted by Crippen LogP contribution is 2.33. The fourth-order valence-electron chi connectivity index (χ4n) is 2.95. The Bertz CT molecular complexity index is 964. The SMILES string of the molecule is [O-][NH+](O)c1cccc(-c2nnc3n2CN(c2ccccc2[NH+]([O-])O)CS3)c1. The monoisotopic (exact) mass is 388 g/mol. The second kappa shape index (κ2) is 7.25. The molecule has 0 saturated carbocycles. The van der Waals surface area contributed by atoms with Crippen molar-refractivity contribution < 1.29 is 20.9 Å². The fraction of sp³-hybridized carbons (Fsp3) is 0.125. The molecule has 4 N–H and O–H groups in total. The first-order valence-corrected chi connectivity index (χ1v) is 9.00. The summed E-state index contributed by atoms with van der Waals surface area (Å²) in [5.74, 6) is 1.08. The molecule has 0 fully saturated rings. The molecule has 11 heteroatoms. The Kier molecular flexibility index (Phi) is 4.80. The van der Waals surface area contributed by atoms with Crippen molar-refractivity contribution in [3.63, 3.8) is 0 Å². The van der Waals surface area contributed by atoms with Crippen molar-refractivity contribution in [2.75, 3.05) is 10.8 Å². The number of fused-ring (bicyclic) bond motifs is 1. The van der Waals surface area contributed by atoms with Crippen LogP contribution in [0.1, 0.15) is 0 Å². The van der Waals surface area contributed by atoms with Gasteiger partial charge in [-0.25, -0.2) is 10.4 Å². The molecule has 27 heavy (non-hydrogen) atoms. The van der Waals surface area contributed by atoms with Crippen molar-refractivity contribution in [1.29, 1.82) is 0 Å². The van der Waals surface area contributed by atoms with E-state index in [1.54, 1.807) is 42.5 Å². The minimum atomic E-state index is -1.01. The Balaban J connectivity index is 1.70. The first-order chi connectivity index (χ1) is 13.0. The topological polar surface area (TPSA) is 129 Å². The van der Waals surface area contributed by atoms with E-state index in [1.165, 1.54) is 17.8 Å². The second-order valence-corrected chi connectivity index (χ2v) is 6.81. The van der Waals surface area contributed by atoms with Crippen LogP contribution in [-0.4, -0.2) is 31.1 Å². The van der Waals surface area contributed by atoms with Gasteiger partial charge in [-0.2, -0.15) is 10.5 Å². The minimum Gasteiger partial charge on any atom is -0.595 e. The van der Waals surface area contributed by atoms with Crippen LogP contribution in [0.25, 0.3) is 11.4 Å². The highest BCUT2D eigenvalue weighted by atomic mass is 32.2. The van der Waals surface area contributed by atoms with E-state index in [2.05, 4.69) is 10.2 Å². The van der Waals surface area contributed by atoms with E-state index in [0.29, 0.717) is 34.8 Å². The Labute approximate surface area is 157 Å². The van der Waals surface area contributed by atoms with Crippen LogP contribution in [0.5, 0.6) is 0 Å². The number of thioether (sulfide) groups is 1. The number of nitrogens with one attached hydrogen (secondary N) is 2. The van der Waals surface area contributed by atoms with Crippen LogP contribution in [0.4, 0.5) is 17.1 Å². The predicted octanol–water partition coefficient (Wildman–Crippen LogP) is 0.279. The quantitative estimate of drug-likeness (QED) is 0.469. The van der Waals surface area contributed by atoms with Crippen LogP contribution in [0, 0.1) is 10.4 Å². The molecule has 1 aromatic heterocycles. The van der Waals surface area contributed by atoms with Gasteiger partial charge in [-0.1, -0.05) is 36.0 Å². The lowest BCUT2D eigenvalue weighted by Crippen LogP contribution is -2.99. The van der Waals surface area contributed by atoms with Crippen molar-refractivity contribution in [1.82, 2.24) is 14.8 Å². The number of quaternary nitrogens is 2. The summed E-state index contributed by atoms with van der Waals surface area (Å²) in [6, 6.07) is 13.3. The molecule has 3 aromatic rings. The maximum absolute atomic E-state index is 11.5. The molecule has 4 rings (SSSR count). The third-order valence-electron chi connectivity index (χ3n) is 4.22. The number of aromatic nitrogens is 3. The second-order valence-electron chi connectivity index (χ2n) is 5.90. The minimum absolute atomic E-state index is 0.168. The predicted molar refractivity (Wildman–Crippen MR) is 96.7 cm³/mol. The summed E-state index contributed by atoms with van der Waals surface area (Å²) < 4.78 is 1.85. The van der Waals surface area contributed by atoms with E-state index in [9.17, 15) is 20.8 Å². The number of hydrogen-bond donors (Lipinski definition) is 4. The van der Waals surface area contributed by atoms with Gasteiger partial charge >= 0.3 is 0 Å². The Morgan fingerprint density at radius 2 is 1.81 bits per heavy atom. The van der Waals surface area contributed by atoms with Crippen LogP contribution in [0.3, 0.4) is 0 Å². The average Bonchev–Trinajstić information content (AvgIpc) is 3.11. The van der Waals surface area contributed by atoms with E-state index >= 15 is 0 Å². The first kappa shape index (κ1) is 17.9. The van der Waals surface area contributed by atoms with E-state index < -0.39 is 10.5 Å². The van der Waals surface area contributed by atoms with E-state index in [0.717, 1.165) is 0 Å². The third kappa shape index (κ3) is 3.40. The highest BCUT2D eigenvalue weighted by molar-refractivity contribution is 7.99. The zero-order valence-corrected chi connectivity index (χ0v) is 14.8. The summed E-state index contributed by atoms with van der Waals surface area (Å²) in [6.07, 6.45) is 0. The maximum atomic E-state index is 11.5. The normalized spacial score (nSPS) is 16.1. The molecule has 1 aliphatic heterocycles. The number of rotatable bonds is 4. The van der Waals surface area contributed by atoms with Gasteiger partial charge in [0, 0.05) is 23.8 Å². The molecular formula is C16H16N6O4S. The summed E-state index contributed by atoms with van der Waals surface area (Å²) in [6.45, 7) is 0.367. The molecule has 2 atom stereocenters. The molecule has 0 amide bonds. The van der Waals surface area contributed by atoms with Crippen LogP contribution in [0.2, 0.25) is 0 Å². The molecule has 2 aromatic carbocycles. The van der Waals surface area contributed by atoms with Gasteiger partial charge in [-0.15, -0.1) is 10.2 Å². The van der Waals surface area contributed by atoms with Crippen LogP contribution in [0.15, 0.2) is 53.7 Å². The van der Waals surface area contributed by atoms with Gasteiger partial charge < -0.3 is 15.3 Å². The molecule has 0 bridgehead atoms. The number of nitrogens with zero attached hydrogens (tertiary/aromatic N) is 4. The van der Waals surface area contributed by atoms with Gasteiger partial charge in [-0.05, 0) is 6.07 Å². The first-order valence-electron chi connectivity index (χ1n) is 8.01. The van der Waals surface area contributed by atoms with Crippen molar-refractivity contribution in [2.24, 2.45) is 0 Å². The number of benzene rings is 2. The maximum Gasteiger partial charge on any atom is 0.194 e. The van der Waals surface area contributed by atoms with Crippen molar-refractivity contribution in [2.45, 2.75) is 11.8 Å². The van der Waals surface area contributed by atoms with E-state index in [1.807, 2.05) is 9.47 Å². The molecule has 0 spiro atoms. The van der Waals surface area contributed by atoms with Gasteiger partial charge in [0.1, 0.15) is 5.69 Å². The number of hydrogen-bond acceptors (Lipinski definition) is 8. The van der Waals surface area contributed by atoms with Crippen molar-refractivity contribution in [3.05, 3.63) is 58.9 Å². The van der Waals surface area contributed by atoms with Gasteiger partial charge in [0.2, 0.25) is 0 Å². The number of para-hydroxylation sites is 2. The molecule has 0 radical (unpaired) electrons. The lowest BCUT2D eigenvalue weighted by molar-refractivity contribution is -0.991. The summed E-state index contributed by atoms with van der Waals surface area (Å²) in [4.78, 5) is 1.93. The number of anilines is 1. The molecule has 0 aliphatic carbocycles. The molecule has 0 saturated heterocycles. The van der Waals surface area contributed by atoms with Crippen LogP contribution >= 0.6 is 11.8 Å². The molecule has 2 unspecified atom stereocenters. The largest absolute Gasteiger partial charge is 0.595 e. The third-order valence-corrected chi connectivity index (χ3v) is 5.22. The lowest BCUT2D eigenvalue weighted by Gasteiger charge is -2.31. The van der Waals surface area contributed by atoms with Gasteiger partial charge in [0.25, 0.3) is 0 Å². The van der Waals surface area contributed by atoms with E-state index in [-0.39, 0.29) is 11.4 Å². The molecule has 1 aliphatic rings. The van der Waals surface area contributed by atoms with Crippen molar-refractivity contribution in [3.8, 4) is 11.4 Å². The van der Waals surface area contributed by atoms with Crippen LogP contribution < -0.4 is 15.4 Å². The molecular weight excluding hydrogens is 372 g/mol. The fourth-order valence-corrected chi connectivity index (χ4v) is 3.84. The highest BCUT2D eigenvalue weighted by Gasteiger charge is 2.25. The molecule has 10 nitrogen and oxygen atoms in total. The zero-order valence-electron chi connectivity index (χ0n) is 13.9. The summed E-state index contributed by atoms with van der Waals surface area (Å²) in [5, 5.41) is 48.5.